The van der Waals surface area contributed by atoms with Crippen molar-refractivity contribution in [2.45, 2.75) is 19.4 Å². The standard InChI is InChI=1S/C18H27N3O3/c1-19-18(20-9-6-14-7-10-24-11-8-14)21-13-15-4-5-16(22-2)12-17(15)23-3/h4-5,7,12H,6,8-11,13H2,1-3H3,(H2,19,20,21). The maximum absolute atomic E-state index is 5.41. The molecule has 0 atom stereocenters. The number of aliphatic imine (C=N–C) groups is 1. The minimum atomic E-state index is 0.628. The zero-order chi connectivity index (χ0) is 17.2. The van der Waals surface area contributed by atoms with Gasteiger partial charge in [0.15, 0.2) is 5.96 Å². The molecule has 0 radical (unpaired) electrons. The topological polar surface area (TPSA) is 64.1 Å². The quantitative estimate of drug-likeness (QED) is 0.454. The Morgan fingerprint density at radius 3 is 2.79 bits per heavy atom. The fraction of sp³-hybridized carbons (Fsp3) is 0.500. The Balaban J connectivity index is 1.81. The maximum atomic E-state index is 5.41. The van der Waals surface area contributed by atoms with Crippen molar-refractivity contribution in [2.75, 3.05) is 41.0 Å². The van der Waals surface area contributed by atoms with Gasteiger partial charge in [0.05, 0.1) is 27.4 Å². The smallest absolute Gasteiger partial charge is 0.191 e. The minimum Gasteiger partial charge on any atom is -0.497 e. The fourth-order valence-corrected chi connectivity index (χ4v) is 2.53. The second kappa shape index (κ2) is 9.82. The molecule has 0 spiro atoms. The lowest BCUT2D eigenvalue weighted by Crippen LogP contribution is -2.37. The third kappa shape index (κ3) is 5.45. The number of rotatable bonds is 7. The molecule has 2 rings (SSSR count). The van der Waals surface area contributed by atoms with E-state index < -0.39 is 0 Å². The Kier molecular flexibility index (Phi) is 7.42. The van der Waals surface area contributed by atoms with Crippen molar-refractivity contribution < 1.29 is 14.2 Å². The Hall–Kier alpha value is -2.21. The van der Waals surface area contributed by atoms with Crippen LogP contribution >= 0.6 is 0 Å². The van der Waals surface area contributed by atoms with Crippen LogP contribution in [0.25, 0.3) is 0 Å². The number of nitrogens with zero attached hydrogens (tertiary/aromatic N) is 1. The van der Waals surface area contributed by atoms with Gasteiger partial charge in [0.2, 0.25) is 0 Å². The van der Waals surface area contributed by atoms with Gasteiger partial charge in [-0.1, -0.05) is 11.6 Å². The SMILES string of the molecule is CN=C(NCCC1=CCOCC1)NCc1ccc(OC)cc1OC. The molecule has 1 aliphatic rings. The highest BCUT2D eigenvalue weighted by Gasteiger charge is 2.07. The van der Waals surface area contributed by atoms with Crippen LogP contribution in [0.2, 0.25) is 0 Å². The first-order valence-corrected chi connectivity index (χ1v) is 8.18. The van der Waals surface area contributed by atoms with Crippen molar-refractivity contribution in [3.63, 3.8) is 0 Å². The lowest BCUT2D eigenvalue weighted by atomic mass is 10.1. The Bertz CT molecular complexity index is 585. The van der Waals surface area contributed by atoms with E-state index >= 15 is 0 Å². The van der Waals surface area contributed by atoms with Crippen LogP contribution in [-0.2, 0) is 11.3 Å². The van der Waals surface area contributed by atoms with E-state index in [2.05, 4.69) is 21.7 Å². The van der Waals surface area contributed by atoms with Crippen LogP contribution in [0.5, 0.6) is 11.5 Å². The van der Waals surface area contributed by atoms with Gasteiger partial charge in [-0.25, -0.2) is 0 Å². The molecule has 0 saturated heterocycles. The number of nitrogens with one attached hydrogen (secondary N) is 2. The third-order valence-electron chi connectivity index (χ3n) is 3.96. The number of methoxy groups -OCH3 is 2. The van der Waals surface area contributed by atoms with Crippen molar-refractivity contribution in [3.05, 3.63) is 35.4 Å². The van der Waals surface area contributed by atoms with Gasteiger partial charge in [0.1, 0.15) is 11.5 Å². The average Bonchev–Trinajstić information content (AvgIpc) is 2.65. The molecule has 0 aromatic heterocycles. The van der Waals surface area contributed by atoms with Crippen LogP contribution in [0, 0.1) is 0 Å². The molecule has 0 aliphatic carbocycles. The summed E-state index contributed by atoms with van der Waals surface area (Å²) in [6.45, 7) is 3.05. The van der Waals surface area contributed by atoms with E-state index in [9.17, 15) is 0 Å². The molecular formula is C18H27N3O3. The van der Waals surface area contributed by atoms with Crippen LogP contribution in [-0.4, -0.2) is 47.0 Å². The third-order valence-corrected chi connectivity index (χ3v) is 3.96. The number of hydrogen-bond acceptors (Lipinski definition) is 4. The zero-order valence-electron chi connectivity index (χ0n) is 14.7. The summed E-state index contributed by atoms with van der Waals surface area (Å²) in [5.74, 6) is 2.35. The molecule has 0 fully saturated rings. The van der Waals surface area contributed by atoms with E-state index in [1.807, 2.05) is 18.2 Å². The lowest BCUT2D eigenvalue weighted by Gasteiger charge is -2.16. The zero-order valence-corrected chi connectivity index (χ0v) is 14.7. The summed E-state index contributed by atoms with van der Waals surface area (Å²) in [7, 11) is 5.08. The van der Waals surface area contributed by atoms with Crippen LogP contribution < -0.4 is 20.1 Å². The van der Waals surface area contributed by atoms with Crippen LogP contribution in [0.3, 0.4) is 0 Å². The highest BCUT2D eigenvalue weighted by molar-refractivity contribution is 5.79. The van der Waals surface area contributed by atoms with Crippen molar-refractivity contribution in [3.8, 4) is 11.5 Å². The molecule has 0 amide bonds. The largest absolute Gasteiger partial charge is 0.497 e. The van der Waals surface area contributed by atoms with Crippen molar-refractivity contribution in [1.82, 2.24) is 10.6 Å². The van der Waals surface area contributed by atoms with Gasteiger partial charge in [-0.2, -0.15) is 0 Å². The molecule has 1 aromatic carbocycles. The second-order valence-corrected chi connectivity index (χ2v) is 5.47. The number of benzene rings is 1. The van der Waals surface area contributed by atoms with Crippen LogP contribution in [0.1, 0.15) is 18.4 Å². The Morgan fingerprint density at radius 2 is 2.12 bits per heavy atom. The number of hydrogen-bond donors (Lipinski definition) is 2. The van der Waals surface area contributed by atoms with E-state index in [4.69, 9.17) is 14.2 Å². The molecule has 6 nitrogen and oxygen atoms in total. The van der Waals surface area contributed by atoms with E-state index in [0.29, 0.717) is 6.54 Å². The van der Waals surface area contributed by atoms with E-state index in [1.54, 1.807) is 21.3 Å². The van der Waals surface area contributed by atoms with Crippen molar-refractivity contribution in [1.29, 1.82) is 0 Å². The summed E-state index contributed by atoms with van der Waals surface area (Å²) >= 11 is 0. The highest BCUT2D eigenvalue weighted by atomic mass is 16.5. The monoisotopic (exact) mass is 333 g/mol. The van der Waals surface area contributed by atoms with E-state index in [0.717, 1.165) is 55.6 Å². The Morgan fingerprint density at radius 1 is 1.25 bits per heavy atom. The average molecular weight is 333 g/mol. The predicted octanol–water partition coefficient (Wildman–Crippen LogP) is 2.11. The number of ether oxygens (including phenoxy) is 3. The summed E-state index contributed by atoms with van der Waals surface area (Å²) in [4.78, 5) is 4.26. The normalized spacial score (nSPS) is 14.8. The molecule has 132 valence electrons. The molecule has 2 N–H and O–H groups in total. The molecule has 24 heavy (non-hydrogen) atoms. The van der Waals surface area contributed by atoms with Gasteiger partial charge in [-0.15, -0.1) is 0 Å². The summed E-state index contributed by atoms with van der Waals surface area (Å²) < 4.78 is 16.0. The molecule has 1 aliphatic heterocycles. The van der Waals surface area contributed by atoms with E-state index in [1.165, 1.54) is 5.57 Å². The molecule has 6 heteroatoms. The fourth-order valence-electron chi connectivity index (χ4n) is 2.53. The van der Waals surface area contributed by atoms with Gasteiger partial charge in [-0.3, -0.25) is 4.99 Å². The van der Waals surface area contributed by atoms with Crippen LogP contribution in [0.4, 0.5) is 0 Å². The highest BCUT2D eigenvalue weighted by Crippen LogP contribution is 2.24. The molecule has 0 bridgehead atoms. The van der Waals surface area contributed by atoms with Crippen molar-refractivity contribution >= 4 is 5.96 Å². The first-order chi connectivity index (χ1) is 11.8. The van der Waals surface area contributed by atoms with E-state index in [-0.39, 0.29) is 0 Å². The first-order valence-electron chi connectivity index (χ1n) is 8.18. The maximum Gasteiger partial charge on any atom is 0.191 e. The first kappa shape index (κ1) is 18.1. The minimum absolute atomic E-state index is 0.628. The summed E-state index contributed by atoms with van der Waals surface area (Å²) in [5, 5.41) is 6.65. The number of guanidine groups is 1. The molecular weight excluding hydrogens is 306 g/mol. The summed E-state index contributed by atoms with van der Waals surface area (Å²) in [6, 6.07) is 5.79. The van der Waals surface area contributed by atoms with Gasteiger partial charge in [0.25, 0.3) is 0 Å². The summed E-state index contributed by atoms with van der Waals surface area (Å²) in [5.41, 5.74) is 2.49. The van der Waals surface area contributed by atoms with Gasteiger partial charge >= 0.3 is 0 Å². The Labute approximate surface area is 143 Å². The molecule has 0 saturated carbocycles. The van der Waals surface area contributed by atoms with Crippen molar-refractivity contribution in [2.24, 2.45) is 4.99 Å². The second-order valence-electron chi connectivity index (χ2n) is 5.47. The van der Waals surface area contributed by atoms with Gasteiger partial charge in [-0.05, 0) is 25.0 Å². The molecule has 1 aromatic rings. The molecule has 1 heterocycles. The van der Waals surface area contributed by atoms with Gasteiger partial charge < -0.3 is 24.8 Å². The predicted molar refractivity (Wildman–Crippen MR) is 95.9 cm³/mol. The molecule has 0 unspecified atom stereocenters. The van der Waals surface area contributed by atoms with Gasteiger partial charge in [0, 0.05) is 31.8 Å². The van der Waals surface area contributed by atoms with Crippen LogP contribution in [0.15, 0.2) is 34.8 Å². The lowest BCUT2D eigenvalue weighted by molar-refractivity contribution is 0.153. The summed E-state index contributed by atoms with van der Waals surface area (Å²) in [6.07, 6.45) is 4.20.